The van der Waals surface area contributed by atoms with Gasteiger partial charge in [-0.2, -0.15) is 0 Å². The van der Waals surface area contributed by atoms with Crippen LogP contribution in [0.15, 0.2) is 66.7 Å². The third kappa shape index (κ3) is 4.19. The van der Waals surface area contributed by atoms with Crippen molar-refractivity contribution < 1.29 is 13.2 Å². The molecule has 0 aliphatic carbocycles. The monoisotopic (exact) mass is 422 g/mol. The van der Waals surface area contributed by atoms with Crippen LogP contribution in [0.2, 0.25) is 0 Å². The van der Waals surface area contributed by atoms with Crippen LogP contribution in [0.5, 0.6) is 0 Å². The molecule has 0 saturated carbocycles. The second-order valence-electron chi connectivity index (χ2n) is 8.08. The van der Waals surface area contributed by atoms with Crippen molar-refractivity contribution in [1.82, 2.24) is 4.90 Å². The molecule has 156 valence electrons. The second-order valence-corrected chi connectivity index (χ2v) is 10.3. The van der Waals surface area contributed by atoms with Crippen LogP contribution in [-0.4, -0.2) is 50.9 Å². The highest BCUT2D eigenvalue weighted by Gasteiger charge is 2.35. The zero-order valence-corrected chi connectivity index (χ0v) is 18.1. The minimum atomic E-state index is -3.11. The summed E-state index contributed by atoms with van der Waals surface area (Å²) in [6.07, 6.45) is 0.481. The summed E-state index contributed by atoms with van der Waals surface area (Å²) in [7, 11) is 0.852. The van der Waals surface area contributed by atoms with Crippen molar-refractivity contribution in [2.45, 2.75) is 19.0 Å². The summed E-state index contributed by atoms with van der Waals surface area (Å²) in [6, 6.07) is 21.2. The van der Waals surface area contributed by atoms with Crippen molar-refractivity contribution in [1.29, 1.82) is 0 Å². The number of fused-ring (bicyclic) bond motifs is 1. The van der Waals surface area contributed by atoms with E-state index in [0.717, 1.165) is 22.0 Å². The number of rotatable bonds is 5. The van der Waals surface area contributed by atoms with Crippen LogP contribution >= 0.6 is 0 Å². The summed E-state index contributed by atoms with van der Waals surface area (Å²) < 4.78 is 24.3. The quantitative estimate of drug-likeness (QED) is 0.629. The number of nitrogens with zero attached hydrogens (tertiary/aromatic N) is 2. The lowest BCUT2D eigenvalue weighted by molar-refractivity contribution is 0.0683. The highest BCUT2D eigenvalue weighted by molar-refractivity contribution is 7.91. The molecule has 6 heteroatoms. The SMILES string of the molecule is CN(C)c1ccc(CN(C(=O)c2cccc3ccccc23)[C@@H]2CCS(=O)(=O)C2)cc1. The lowest BCUT2D eigenvalue weighted by atomic mass is 10.0. The van der Waals surface area contributed by atoms with Crippen LogP contribution in [0.25, 0.3) is 10.8 Å². The van der Waals surface area contributed by atoms with Crippen LogP contribution in [0.1, 0.15) is 22.3 Å². The molecule has 1 aliphatic heterocycles. The highest BCUT2D eigenvalue weighted by atomic mass is 32.2. The van der Waals surface area contributed by atoms with Crippen molar-refractivity contribution in [3.8, 4) is 0 Å². The van der Waals surface area contributed by atoms with Crippen LogP contribution in [0.3, 0.4) is 0 Å². The average Bonchev–Trinajstić information content (AvgIpc) is 3.10. The lowest BCUT2D eigenvalue weighted by Gasteiger charge is -2.29. The first-order valence-electron chi connectivity index (χ1n) is 10.1. The maximum absolute atomic E-state index is 13.7. The van der Waals surface area contributed by atoms with Gasteiger partial charge in [-0.05, 0) is 41.0 Å². The van der Waals surface area contributed by atoms with E-state index in [9.17, 15) is 13.2 Å². The Balaban J connectivity index is 1.70. The number of anilines is 1. The van der Waals surface area contributed by atoms with Crippen LogP contribution in [0, 0.1) is 0 Å². The van der Waals surface area contributed by atoms with Gasteiger partial charge in [-0.1, -0.05) is 48.5 Å². The molecule has 1 aliphatic rings. The Hall–Kier alpha value is -2.86. The van der Waals surface area contributed by atoms with Gasteiger partial charge in [0.1, 0.15) is 0 Å². The minimum absolute atomic E-state index is 0.0271. The zero-order valence-electron chi connectivity index (χ0n) is 17.3. The molecule has 0 unspecified atom stereocenters. The molecule has 30 heavy (non-hydrogen) atoms. The molecule has 1 saturated heterocycles. The van der Waals surface area contributed by atoms with E-state index in [1.165, 1.54) is 0 Å². The first kappa shape index (κ1) is 20.4. The summed E-state index contributed by atoms with van der Waals surface area (Å²) in [5, 5.41) is 1.89. The van der Waals surface area contributed by atoms with Gasteiger partial charge in [-0.3, -0.25) is 4.79 Å². The molecule has 0 radical (unpaired) electrons. The number of amides is 1. The third-order valence-electron chi connectivity index (χ3n) is 5.74. The molecule has 1 amide bonds. The Morgan fingerprint density at radius 3 is 2.33 bits per heavy atom. The van der Waals surface area contributed by atoms with Crippen molar-refractivity contribution in [3.05, 3.63) is 77.9 Å². The molecule has 3 aromatic carbocycles. The Kier molecular flexibility index (Phi) is 5.52. The van der Waals surface area contributed by atoms with E-state index in [4.69, 9.17) is 0 Å². The third-order valence-corrected chi connectivity index (χ3v) is 7.49. The highest BCUT2D eigenvalue weighted by Crippen LogP contribution is 2.26. The molecule has 0 aromatic heterocycles. The van der Waals surface area contributed by atoms with Crippen molar-refractivity contribution in [2.75, 3.05) is 30.5 Å². The molecular weight excluding hydrogens is 396 g/mol. The standard InChI is InChI=1S/C24H26N2O3S/c1-25(2)20-12-10-18(11-13-20)16-26(21-14-15-30(28,29)17-21)24(27)23-9-5-7-19-6-3-4-8-22(19)23/h3-13,21H,14-17H2,1-2H3/t21-/m1/s1. The van der Waals surface area contributed by atoms with E-state index in [-0.39, 0.29) is 23.5 Å². The fourth-order valence-electron chi connectivity index (χ4n) is 4.05. The van der Waals surface area contributed by atoms with Crippen LogP contribution < -0.4 is 4.90 Å². The van der Waals surface area contributed by atoms with Crippen LogP contribution in [-0.2, 0) is 16.4 Å². The molecule has 5 nitrogen and oxygen atoms in total. The summed E-state index contributed by atoms with van der Waals surface area (Å²) in [4.78, 5) is 17.4. The summed E-state index contributed by atoms with van der Waals surface area (Å²) in [5.41, 5.74) is 2.68. The van der Waals surface area contributed by atoms with Gasteiger partial charge in [-0.25, -0.2) is 8.42 Å². The molecule has 4 rings (SSSR count). The summed E-state index contributed by atoms with van der Waals surface area (Å²) in [5.74, 6) is 0.0427. The van der Waals surface area contributed by atoms with Gasteiger partial charge in [-0.15, -0.1) is 0 Å². The van der Waals surface area contributed by atoms with Crippen molar-refractivity contribution >= 4 is 32.2 Å². The Morgan fingerprint density at radius 1 is 0.967 bits per heavy atom. The molecule has 1 atom stereocenters. The molecule has 1 heterocycles. The number of carbonyl (C=O) groups is 1. The van der Waals surface area contributed by atoms with E-state index in [0.29, 0.717) is 18.5 Å². The first-order chi connectivity index (χ1) is 14.3. The molecule has 0 spiro atoms. The van der Waals surface area contributed by atoms with Gasteiger partial charge < -0.3 is 9.80 Å². The lowest BCUT2D eigenvalue weighted by Crippen LogP contribution is -2.40. The fraction of sp³-hybridized carbons (Fsp3) is 0.292. The van der Waals surface area contributed by atoms with E-state index < -0.39 is 9.84 Å². The fourth-order valence-corrected chi connectivity index (χ4v) is 5.78. The predicted molar refractivity (Wildman–Crippen MR) is 122 cm³/mol. The molecule has 0 N–H and O–H groups in total. The van der Waals surface area contributed by atoms with E-state index >= 15 is 0 Å². The molecule has 0 bridgehead atoms. The Labute approximate surface area is 177 Å². The van der Waals surface area contributed by atoms with Gasteiger partial charge in [0.2, 0.25) is 0 Å². The predicted octanol–water partition coefficient (Wildman–Crippen LogP) is 3.74. The topological polar surface area (TPSA) is 57.7 Å². The second kappa shape index (κ2) is 8.11. The number of sulfone groups is 1. The van der Waals surface area contributed by atoms with Gasteiger partial charge >= 0.3 is 0 Å². The number of carbonyl (C=O) groups excluding carboxylic acids is 1. The van der Waals surface area contributed by atoms with E-state index in [2.05, 4.69) is 0 Å². The first-order valence-corrected chi connectivity index (χ1v) is 11.9. The van der Waals surface area contributed by atoms with Crippen molar-refractivity contribution in [3.63, 3.8) is 0 Å². The molecule has 1 fully saturated rings. The maximum atomic E-state index is 13.7. The number of hydrogen-bond acceptors (Lipinski definition) is 4. The van der Waals surface area contributed by atoms with Gasteiger partial charge in [0, 0.05) is 37.9 Å². The van der Waals surface area contributed by atoms with Crippen LogP contribution in [0.4, 0.5) is 5.69 Å². The normalized spacial score (nSPS) is 17.7. The zero-order chi connectivity index (χ0) is 21.3. The van der Waals surface area contributed by atoms with Gasteiger partial charge in [0.05, 0.1) is 11.5 Å². The largest absolute Gasteiger partial charge is 0.378 e. The minimum Gasteiger partial charge on any atom is -0.378 e. The van der Waals surface area contributed by atoms with E-state index in [1.54, 1.807) is 4.90 Å². The number of benzene rings is 3. The maximum Gasteiger partial charge on any atom is 0.255 e. The smallest absolute Gasteiger partial charge is 0.255 e. The van der Waals surface area contributed by atoms with E-state index in [1.807, 2.05) is 85.7 Å². The molecule has 3 aromatic rings. The Morgan fingerprint density at radius 2 is 1.67 bits per heavy atom. The Bertz CT molecular complexity index is 1170. The number of hydrogen-bond donors (Lipinski definition) is 0. The summed E-state index contributed by atoms with van der Waals surface area (Å²) >= 11 is 0. The van der Waals surface area contributed by atoms with Crippen molar-refractivity contribution in [2.24, 2.45) is 0 Å². The molecular formula is C24H26N2O3S. The van der Waals surface area contributed by atoms with Gasteiger partial charge in [0.15, 0.2) is 9.84 Å². The summed E-state index contributed by atoms with van der Waals surface area (Å²) in [6.45, 7) is 0.385. The van der Waals surface area contributed by atoms with Gasteiger partial charge in [0.25, 0.3) is 5.91 Å². The average molecular weight is 423 g/mol.